The second-order valence-corrected chi connectivity index (χ2v) is 8.45. The van der Waals surface area contributed by atoms with Gasteiger partial charge in [-0.05, 0) is 47.6 Å². The highest BCUT2D eigenvalue weighted by atomic mass is 16.6. The number of fused-ring (bicyclic) bond motifs is 1. The molecule has 0 saturated carbocycles. The molecule has 29 heavy (non-hydrogen) atoms. The number of carbonyl (C=O) groups is 1. The quantitative estimate of drug-likeness (QED) is 0.837. The van der Waals surface area contributed by atoms with Crippen molar-refractivity contribution < 1.29 is 14.3 Å². The number of carbonyl (C=O) groups excluding carboxylic acids is 1. The van der Waals surface area contributed by atoms with Crippen molar-refractivity contribution in [3.05, 3.63) is 59.2 Å². The van der Waals surface area contributed by atoms with Gasteiger partial charge in [0.15, 0.2) is 11.5 Å². The maximum absolute atomic E-state index is 12.7. The molecule has 2 heterocycles. The molecule has 0 radical (unpaired) electrons. The van der Waals surface area contributed by atoms with Crippen LogP contribution in [0.2, 0.25) is 0 Å². The van der Waals surface area contributed by atoms with Gasteiger partial charge in [-0.25, -0.2) is 0 Å². The number of ether oxygens (including phenoxy) is 2. The molecule has 2 aromatic rings. The van der Waals surface area contributed by atoms with Gasteiger partial charge in [0.25, 0.3) is 5.91 Å². The third-order valence-corrected chi connectivity index (χ3v) is 5.70. The highest BCUT2D eigenvalue weighted by Crippen LogP contribution is 2.30. The monoisotopic (exact) mass is 394 g/mol. The van der Waals surface area contributed by atoms with E-state index in [1.54, 1.807) is 18.2 Å². The lowest BCUT2D eigenvalue weighted by Crippen LogP contribution is -2.38. The topological polar surface area (TPSA) is 50.8 Å². The molecule has 2 atom stereocenters. The Morgan fingerprint density at radius 2 is 1.69 bits per heavy atom. The van der Waals surface area contributed by atoms with Crippen molar-refractivity contribution in [3.63, 3.8) is 0 Å². The minimum atomic E-state index is -0.100. The number of amides is 1. The van der Waals surface area contributed by atoms with Crippen LogP contribution in [0.25, 0.3) is 0 Å². The first-order valence-corrected chi connectivity index (χ1v) is 10.6. The standard InChI is InChI=1S/C24H30N2O3/c1-17-11-18(2)15-26(14-17)16-21-6-4-3-5-20(21)13-25-24(27)19-7-8-22-23(12-19)29-10-9-28-22/h3-8,12,17-18H,9-11,13-16H2,1-2H3,(H,25,27). The second-order valence-electron chi connectivity index (χ2n) is 8.45. The summed E-state index contributed by atoms with van der Waals surface area (Å²) >= 11 is 0. The first-order valence-electron chi connectivity index (χ1n) is 10.6. The highest BCUT2D eigenvalue weighted by molar-refractivity contribution is 5.94. The van der Waals surface area contributed by atoms with Crippen molar-refractivity contribution in [2.24, 2.45) is 11.8 Å². The van der Waals surface area contributed by atoms with Crippen LogP contribution in [0.1, 0.15) is 41.8 Å². The Bertz CT molecular complexity index is 857. The van der Waals surface area contributed by atoms with E-state index in [0.717, 1.165) is 31.5 Å². The fraction of sp³-hybridized carbons (Fsp3) is 0.458. The van der Waals surface area contributed by atoms with E-state index in [-0.39, 0.29) is 5.91 Å². The van der Waals surface area contributed by atoms with Gasteiger partial charge in [0.1, 0.15) is 13.2 Å². The summed E-state index contributed by atoms with van der Waals surface area (Å²) in [5, 5.41) is 3.06. The van der Waals surface area contributed by atoms with Gasteiger partial charge >= 0.3 is 0 Å². The lowest BCUT2D eigenvalue weighted by Gasteiger charge is -2.35. The van der Waals surface area contributed by atoms with Gasteiger partial charge in [0.05, 0.1) is 0 Å². The highest BCUT2D eigenvalue weighted by Gasteiger charge is 2.22. The number of hydrogen-bond acceptors (Lipinski definition) is 4. The van der Waals surface area contributed by atoms with Crippen LogP contribution in [0.5, 0.6) is 11.5 Å². The molecule has 2 aliphatic rings. The zero-order valence-electron chi connectivity index (χ0n) is 17.3. The summed E-state index contributed by atoms with van der Waals surface area (Å²) < 4.78 is 11.1. The average molecular weight is 395 g/mol. The molecule has 0 aromatic heterocycles. The van der Waals surface area contributed by atoms with Gasteiger partial charge < -0.3 is 14.8 Å². The van der Waals surface area contributed by atoms with Crippen LogP contribution in [-0.2, 0) is 13.1 Å². The van der Waals surface area contributed by atoms with Gasteiger partial charge in [-0.3, -0.25) is 9.69 Å². The third-order valence-electron chi connectivity index (χ3n) is 5.70. The van der Waals surface area contributed by atoms with E-state index < -0.39 is 0 Å². The summed E-state index contributed by atoms with van der Waals surface area (Å²) in [6.07, 6.45) is 1.31. The Morgan fingerprint density at radius 3 is 2.45 bits per heavy atom. The van der Waals surface area contributed by atoms with Crippen molar-refractivity contribution >= 4 is 5.91 Å². The van der Waals surface area contributed by atoms with Crippen LogP contribution in [-0.4, -0.2) is 37.1 Å². The number of hydrogen-bond donors (Lipinski definition) is 1. The van der Waals surface area contributed by atoms with E-state index in [2.05, 4.69) is 42.3 Å². The molecule has 1 N–H and O–H groups in total. The summed E-state index contributed by atoms with van der Waals surface area (Å²) in [5.74, 6) is 2.71. The molecule has 5 nitrogen and oxygen atoms in total. The van der Waals surface area contributed by atoms with Crippen molar-refractivity contribution in [3.8, 4) is 11.5 Å². The molecule has 154 valence electrons. The number of benzene rings is 2. The molecule has 5 heteroatoms. The normalized spacial score (nSPS) is 21.6. The molecule has 0 aliphatic carbocycles. The van der Waals surface area contributed by atoms with Crippen LogP contribution in [0.4, 0.5) is 0 Å². The molecular formula is C24H30N2O3. The summed E-state index contributed by atoms with van der Waals surface area (Å²) in [6, 6.07) is 13.7. The second kappa shape index (κ2) is 8.87. The largest absolute Gasteiger partial charge is 0.486 e. The Kier molecular flexibility index (Phi) is 6.05. The minimum absolute atomic E-state index is 0.100. The minimum Gasteiger partial charge on any atom is -0.486 e. The summed E-state index contributed by atoms with van der Waals surface area (Å²) in [4.78, 5) is 15.2. The number of rotatable bonds is 5. The molecule has 2 aromatic carbocycles. The van der Waals surface area contributed by atoms with Crippen LogP contribution in [0, 0.1) is 11.8 Å². The van der Waals surface area contributed by atoms with Gasteiger partial charge in [0.2, 0.25) is 0 Å². The molecule has 2 aliphatic heterocycles. The Balaban J connectivity index is 1.40. The first kappa shape index (κ1) is 19.8. The Hall–Kier alpha value is -2.53. The van der Waals surface area contributed by atoms with Gasteiger partial charge in [-0.1, -0.05) is 38.1 Å². The summed E-state index contributed by atoms with van der Waals surface area (Å²) in [6.45, 7) is 9.46. The number of likely N-dealkylation sites (tertiary alicyclic amines) is 1. The van der Waals surface area contributed by atoms with Crippen LogP contribution in [0.3, 0.4) is 0 Å². The first-order chi connectivity index (χ1) is 14.1. The van der Waals surface area contributed by atoms with Crippen LogP contribution >= 0.6 is 0 Å². The lowest BCUT2D eigenvalue weighted by atomic mass is 9.91. The van der Waals surface area contributed by atoms with E-state index in [4.69, 9.17) is 9.47 Å². The fourth-order valence-corrected chi connectivity index (χ4v) is 4.51. The van der Waals surface area contributed by atoms with Crippen LogP contribution in [0.15, 0.2) is 42.5 Å². The maximum Gasteiger partial charge on any atom is 0.251 e. The van der Waals surface area contributed by atoms with Crippen molar-refractivity contribution in [2.45, 2.75) is 33.4 Å². The Morgan fingerprint density at radius 1 is 1.00 bits per heavy atom. The van der Waals surface area contributed by atoms with E-state index in [1.165, 1.54) is 17.5 Å². The molecule has 1 amide bonds. The SMILES string of the molecule is CC1CC(C)CN(Cc2ccccc2CNC(=O)c2ccc3c(c2)OCCO3)C1. The summed E-state index contributed by atoms with van der Waals surface area (Å²) in [7, 11) is 0. The number of nitrogens with zero attached hydrogens (tertiary/aromatic N) is 1. The zero-order valence-corrected chi connectivity index (χ0v) is 17.3. The predicted octanol–water partition coefficient (Wildman–Crippen LogP) is 3.87. The molecule has 4 rings (SSSR count). The number of piperidine rings is 1. The predicted molar refractivity (Wildman–Crippen MR) is 113 cm³/mol. The molecule has 1 fully saturated rings. The lowest BCUT2D eigenvalue weighted by molar-refractivity contribution is 0.0949. The van der Waals surface area contributed by atoms with E-state index in [9.17, 15) is 4.79 Å². The van der Waals surface area contributed by atoms with Gasteiger partial charge in [0, 0.05) is 31.7 Å². The van der Waals surface area contributed by atoms with Crippen molar-refractivity contribution in [2.75, 3.05) is 26.3 Å². The average Bonchev–Trinajstić information content (AvgIpc) is 2.72. The summed E-state index contributed by atoms with van der Waals surface area (Å²) in [5.41, 5.74) is 3.05. The molecule has 1 saturated heterocycles. The molecule has 2 unspecified atom stereocenters. The van der Waals surface area contributed by atoms with E-state index in [0.29, 0.717) is 36.8 Å². The van der Waals surface area contributed by atoms with Crippen molar-refractivity contribution in [1.29, 1.82) is 0 Å². The number of nitrogens with one attached hydrogen (secondary N) is 1. The van der Waals surface area contributed by atoms with Crippen molar-refractivity contribution in [1.82, 2.24) is 10.2 Å². The maximum atomic E-state index is 12.7. The third kappa shape index (κ3) is 4.91. The molecular weight excluding hydrogens is 364 g/mol. The van der Waals surface area contributed by atoms with E-state index >= 15 is 0 Å². The van der Waals surface area contributed by atoms with Crippen LogP contribution < -0.4 is 14.8 Å². The zero-order chi connectivity index (χ0) is 20.2. The molecule has 0 spiro atoms. The smallest absolute Gasteiger partial charge is 0.251 e. The Labute approximate surface area is 173 Å². The molecule has 0 bridgehead atoms. The fourth-order valence-electron chi connectivity index (χ4n) is 4.51. The van der Waals surface area contributed by atoms with Gasteiger partial charge in [-0.2, -0.15) is 0 Å². The van der Waals surface area contributed by atoms with E-state index in [1.807, 2.05) is 6.07 Å². The van der Waals surface area contributed by atoms with Gasteiger partial charge in [-0.15, -0.1) is 0 Å².